The average Bonchev–Trinajstić information content (AvgIpc) is 3.11. The number of esters is 1. The molecule has 1 N–H and O–H groups in total. The minimum absolute atomic E-state index is 0.0663. The predicted molar refractivity (Wildman–Crippen MR) is 104 cm³/mol. The van der Waals surface area contributed by atoms with Crippen LogP contribution >= 0.6 is 15.9 Å². The largest absolute Gasteiger partial charge is 0.465 e. The van der Waals surface area contributed by atoms with Crippen LogP contribution in [0.5, 0.6) is 0 Å². The first-order chi connectivity index (χ1) is 13.1. The lowest BCUT2D eigenvalue weighted by Crippen LogP contribution is -2.24. The molecule has 0 saturated heterocycles. The number of fused-ring (bicyclic) bond motifs is 1. The van der Waals surface area contributed by atoms with Crippen LogP contribution in [-0.4, -0.2) is 28.8 Å². The molecule has 4 rings (SSSR count). The van der Waals surface area contributed by atoms with Gasteiger partial charge in [0.05, 0.1) is 24.6 Å². The molecule has 1 aromatic heterocycles. The molecule has 2 aromatic carbocycles. The molecule has 6 nitrogen and oxygen atoms in total. The van der Waals surface area contributed by atoms with Crippen molar-refractivity contribution in [3.63, 3.8) is 0 Å². The number of hydrogen-bond acceptors (Lipinski definition) is 4. The first kappa shape index (κ1) is 17.5. The highest BCUT2D eigenvalue weighted by Gasteiger charge is 2.30. The first-order valence-electron chi connectivity index (χ1n) is 8.39. The van der Waals surface area contributed by atoms with Crippen molar-refractivity contribution >= 4 is 33.6 Å². The van der Waals surface area contributed by atoms with Crippen LogP contribution < -0.4 is 5.32 Å². The van der Waals surface area contributed by atoms with Gasteiger partial charge in [0, 0.05) is 22.4 Å². The molecular weight excluding hydrogens is 410 g/mol. The molecule has 0 bridgehead atoms. The Hall–Kier alpha value is -2.93. The Morgan fingerprint density at radius 1 is 1.19 bits per heavy atom. The molecule has 1 aliphatic rings. The van der Waals surface area contributed by atoms with E-state index in [1.807, 2.05) is 36.4 Å². The molecule has 27 heavy (non-hydrogen) atoms. The van der Waals surface area contributed by atoms with Gasteiger partial charge in [-0.1, -0.05) is 28.1 Å². The summed E-state index contributed by atoms with van der Waals surface area (Å²) >= 11 is 3.42. The summed E-state index contributed by atoms with van der Waals surface area (Å²) in [5, 5.41) is 7.42. The van der Waals surface area contributed by atoms with Crippen molar-refractivity contribution in [1.29, 1.82) is 0 Å². The number of anilines is 1. The van der Waals surface area contributed by atoms with Gasteiger partial charge in [0.2, 0.25) is 5.91 Å². The molecule has 0 spiro atoms. The van der Waals surface area contributed by atoms with Gasteiger partial charge < -0.3 is 10.1 Å². The van der Waals surface area contributed by atoms with E-state index < -0.39 is 0 Å². The number of carbonyl (C=O) groups is 2. The van der Waals surface area contributed by atoms with Crippen LogP contribution in [0.3, 0.4) is 0 Å². The van der Waals surface area contributed by atoms with E-state index in [0.29, 0.717) is 17.8 Å². The van der Waals surface area contributed by atoms with Crippen LogP contribution in [0.1, 0.15) is 33.8 Å². The summed E-state index contributed by atoms with van der Waals surface area (Å²) in [5.41, 5.74) is 3.24. The van der Waals surface area contributed by atoms with Gasteiger partial charge in [0.1, 0.15) is 5.82 Å². The number of rotatable bonds is 3. The smallest absolute Gasteiger partial charge is 0.337 e. The summed E-state index contributed by atoms with van der Waals surface area (Å²) < 4.78 is 7.44. The average molecular weight is 426 g/mol. The second-order valence-electron chi connectivity index (χ2n) is 6.26. The third-order valence-electron chi connectivity index (χ3n) is 4.63. The second-order valence-corrected chi connectivity index (χ2v) is 7.17. The third-order valence-corrected chi connectivity index (χ3v) is 5.15. The zero-order valence-corrected chi connectivity index (χ0v) is 16.1. The van der Waals surface area contributed by atoms with Crippen LogP contribution in [0.2, 0.25) is 0 Å². The third kappa shape index (κ3) is 3.26. The van der Waals surface area contributed by atoms with E-state index in [0.717, 1.165) is 21.3 Å². The van der Waals surface area contributed by atoms with E-state index in [-0.39, 0.29) is 17.8 Å². The monoisotopic (exact) mass is 425 g/mol. The number of aromatic nitrogens is 2. The van der Waals surface area contributed by atoms with Crippen molar-refractivity contribution < 1.29 is 14.3 Å². The van der Waals surface area contributed by atoms with Crippen molar-refractivity contribution in [1.82, 2.24) is 9.78 Å². The summed E-state index contributed by atoms with van der Waals surface area (Å²) in [4.78, 5) is 24.0. The number of benzene rings is 2. The van der Waals surface area contributed by atoms with E-state index in [9.17, 15) is 9.59 Å². The zero-order valence-electron chi connectivity index (χ0n) is 14.5. The topological polar surface area (TPSA) is 73.2 Å². The number of ether oxygens (including phenoxy) is 1. The number of nitrogens with one attached hydrogen (secondary N) is 1. The fraction of sp³-hybridized carbons (Fsp3) is 0.150. The Balaban J connectivity index is 1.72. The van der Waals surface area contributed by atoms with Crippen molar-refractivity contribution in [2.24, 2.45) is 0 Å². The second kappa shape index (κ2) is 7.00. The maximum Gasteiger partial charge on any atom is 0.337 e. The normalized spacial score (nSPS) is 15.8. The Kier molecular flexibility index (Phi) is 4.53. The number of hydrogen-bond donors (Lipinski definition) is 1. The van der Waals surface area contributed by atoms with Gasteiger partial charge in [-0.25, -0.2) is 9.48 Å². The molecule has 1 amide bonds. The number of halogens is 1. The number of carbonyl (C=O) groups excluding carboxylic acids is 2. The lowest BCUT2D eigenvalue weighted by atomic mass is 9.87. The first-order valence-corrected chi connectivity index (χ1v) is 9.18. The molecule has 0 radical (unpaired) electrons. The van der Waals surface area contributed by atoms with Gasteiger partial charge in [-0.05, 0) is 42.0 Å². The maximum atomic E-state index is 12.3. The van der Waals surface area contributed by atoms with Gasteiger partial charge in [-0.2, -0.15) is 5.10 Å². The minimum Gasteiger partial charge on any atom is -0.465 e. The predicted octanol–water partition coefficient (Wildman–Crippen LogP) is 3.90. The van der Waals surface area contributed by atoms with Gasteiger partial charge in [-0.3, -0.25) is 4.79 Å². The Morgan fingerprint density at radius 3 is 2.56 bits per heavy atom. The quantitative estimate of drug-likeness (QED) is 0.645. The molecule has 3 aromatic rings. The standard InChI is InChI=1S/C20H16BrN3O3/c1-27-20(26)13-4-2-12(3-5-13)16-10-18(25)23-19-17(16)11-22-24(19)15-8-6-14(21)7-9-15/h2-9,11,16H,10H2,1H3,(H,23,25). The lowest BCUT2D eigenvalue weighted by molar-refractivity contribution is -0.116. The molecule has 0 aliphatic carbocycles. The molecule has 0 fully saturated rings. The van der Waals surface area contributed by atoms with E-state index in [2.05, 4.69) is 26.3 Å². The zero-order chi connectivity index (χ0) is 19.0. The molecular formula is C20H16BrN3O3. The molecule has 1 aliphatic heterocycles. The summed E-state index contributed by atoms with van der Waals surface area (Å²) in [6.45, 7) is 0. The van der Waals surface area contributed by atoms with Gasteiger partial charge in [0.25, 0.3) is 0 Å². The Morgan fingerprint density at radius 2 is 1.89 bits per heavy atom. The molecule has 2 heterocycles. The van der Waals surface area contributed by atoms with Crippen LogP contribution in [-0.2, 0) is 9.53 Å². The van der Waals surface area contributed by atoms with Crippen molar-refractivity contribution in [3.8, 4) is 5.69 Å². The highest BCUT2D eigenvalue weighted by Crippen LogP contribution is 2.38. The van der Waals surface area contributed by atoms with E-state index in [4.69, 9.17) is 4.74 Å². The summed E-state index contributed by atoms with van der Waals surface area (Å²) in [6.07, 6.45) is 2.12. The minimum atomic E-state index is -0.383. The van der Waals surface area contributed by atoms with E-state index >= 15 is 0 Å². The van der Waals surface area contributed by atoms with Crippen LogP contribution in [0.15, 0.2) is 59.2 Å². The lowest BCUT2D eigenvalue weighted by Gasteiger charge is -2.24. The van der Waals surface area contributed by atoms with E-state index in [1.54, 1.807) is 23.0 Å². The molecule has 136 valence electrons. The fourth-order valence-electron chi connectivity index (χ4n) is 3.26. The Labute approximate surface area is 164 Å². The van der Waals surface area contributed by atoms with Gasteiger partial charge in [0.15, 0.2) is 0 Å². The van der Waals surface area contributed by atoms with Gasteiger partial charge >= 0.3 is 5.97 Å². The highest BCUT2D eigenvalue weighted by atomic mass is 79.9. The number of amides is 1. The molecule has 0 saturated carbocycles. The number of methoxy groups -OCH3 is 1. The highest BCUT2D eigenvalue weighted by molar-refractivity contribution is 9.10. The summed E-state index contributed by atoms with van der Waals surface area (Å²) in [6, 6.07) is 14.9. The fourth-order valence-corrected chi connectivity index (χ4v) is 3.53. The van der Waals surface area contributed by atoms with Gasteiger partial charge in [-0.15, -0.1) is 0 Å². The van der Waals surface area contributed by atoms with Crippen LogP contribution in [0.4, 0.5) is 5.82 Å². The van der Waals surface area contributed by atoms with Crippen molar-refractivity contribution in [2.45, 2.75) is 12.3 Å². The summed E-state index contributed by atoms with van der Waals surface area (Å²) in [5.74, 6) is 0.107. The Bertz CT molecular complexity index is 1010. The van der Waals surface area contributed by atoms with E-state index in [1.165, 1.54) is 7.11 Å². The van der Waals surface area contributed by atoms with Crippen molar-refractivity contribution in [2.75, 3.05) is 12.4 Å². The number of nitrogens with zero attached hydrogens (tertiary/aromatic N) is 2. The molecule has 1 atom stereocenters. The summed E-state index contributed by atoms with van der Waals surface area (Å²) in [7, 11) is 1.35. The van der Waals surface area contributed by atoms with Crippen LogP contribution in [0, 0.1) is 0 Å². The maximum absolute atomic E-state index is 12.3. The molecule has 1 unspecified atom stereocenters. The SMILES string of the molecule is COC(=O)c1ccc(C2CC(=O)Nc3c2cnn3-c2ccc(Br)cc2)cc1. The molecule has 7 heteroatoms. The van der Waals surface area contributed by atoms with Crippen LogP contribution in [0.25, 0.3) is 5.69 Å². The van der Waals surface area contributed by atoms with Crippen molar-refractivity contribution in [3.05, 3.63) is 75.9 Å².